The van der Waals surface area contributed by atoms with Crippen molar-refractivity contribution in [3.63, 3.8) is 0 Å². The Morgan fingerprint density at radius 3 is 2.62 bits per heavy atom. The number of hydrogen-bond donors (Lipinski definition) is 1. The minimum atomic E-state index is -0.708. The van der Waals surface area contributed by atoms with Crippen LogP contribution in [-0.2, 0) is 24.1 Å². The molecule has 0 amide bonds. The highest BCUT2D eigenvalue weighted by atomic mass is 16.5. The third kappa shape index (κ3) is 3.64. The van der Waals surface area contributed by atoms with Gasteiger partial charge in [0.1, 0.15) is 5.75 Å². The zero-order valence-electron chi connectivity index (χ0n) is 14.3. The van der Waals surface area contributed by atoms with Crippen molar-refractivity contribution in [2.24, 2.45) is 0 Å². The van der Waals surface area contributed by atoms with Gasteiger partial charge in [-0.15, -0.1) is 0 Å². The summed E-state index contributed by atoms with van der Waals surface area (Å²) in [6.07, 6.45) is 7.59. The second-order valence-corrected chi connectivity index (χ2v) is 6.45. The Balaban J connectivity index is 1.86. The molecule has 1 aliphatic carbocycles. The van der Waals surface area contributed by atoms with E-state index in [2.05, 4.69) is 22.8 Å². The van der Waals surface area contributed by atoms with E-state index >= 15 is 0 Å². The first-order chi connectivity index (χ1) is 11.7. The first-order valence-corrected chi connectivity index (χ1v) is 8.77. The van der Waals surface area contributed by atoms with E-state index in [4.69, 9.17) is 9.84 Å². The number of nitrogens with zero attached hydrogens (tertiary/aromatic N) is 1. The third-order valence-electron chi connectivity index (χ3n) is 4.78. The smallest absolute Gasteiger partial charge is 0.303 e. The third-order valence-corrected chi connectivity index (χ3v) is 4.78. The van der Waals surface area contributed by atoms with Gasteiger partial charge in [0.05, 0.1) is 7.11 Å². The topological polar surface area (TPSA) is 51.5 Å². The number of carboxylic acids is 1. The Labute approximate surface area is 143 Å². The predicted octanol–water partition coefficient (Wildman–Crippen LogP) is 4.16. The number of hydrogen-bond acceptors (Lipinski definition) is 2. The number of aryl methyl sites for hydroxylation is 2. The number of unbranched alkanes of at least 4 members (excludes halogenated alkanes) is 1. The lowest BCUT2D eigenvalue weighted by Crippen LogP contribution is -2.09. The zero-order valence-corrected chi connectivity index (χ0v) is 14.3. The van der Waals surface area contributed by atoms with Gasteiger partial charge in [0.15, 0.2) is 0 Å². The molecule has 0 unspecified atom stereocenters. The van der Waals surface area contributed by atoms with Crippen molar-refractivity contribution in [2.75, 3.05) is 7.11 Å². The maximum absolute atomic E-state index is 10.7. The summed E-state index contributed by atoms with van der Waals surface area (Å²) in [6.45, 7) is 0. The summed E-state index contributed by atoms with van der Waals surface area (Å²) in [6, 6.07) is 10.5. The molecule has 0 fully saturated rings. The Hall–Kier alpha value is -2.23. The second-order valence-electron chi connectivity index (χ2n) is 6.45. The Bertz CT molecular complexity index is 700. The normalized spacial score (nSPS) is 13.5. The fourth-order valence-corrected chi connectivity index (χ4v) is 3.58. The molecule has 4 nitrogen and oxygen atoms in total. The highest BCUT2D eigenvalue weighted by molar-refractivity contribution is 5.66. The van der Waals surface area contributed by atoms with E-state index in [1.807, 2.05) is 12.1 Å². The number of benzene rings is 1. The molecule has 1 aromatic carbocycles. The lowest BCUT2D eigenvalue weighted by atomic mass is 9.98. The molecule has 0 saturated carbocycles. The van der Waals surface area contributed by atoms with Gasteiger partial charge >= 0.3 is 5.97 Å². The first-order valence-electron chi connectivity index (χ1n) is 8.77. The highest BCUT2D eigenvalue weighted by Gasteiger charge is 2.19. The van der Waals surface area contributed by atoms with Gasteiger partial charge in [-0.2, -0.15) is 0 Å². The molecule has 0 spiro atoms. The lowest BCUT2D eigenvalue weighted by Gasteiger charge is -2.17. The molecule has 1 aromatic heterocycles. The average Bonchev–Trinajstić information content (AvgIpc) is 2.97. The minimum absolute atomic E-state index is 0.253. The van der Waals surface area contributed by atoms with Crippen molar-refractivity contribution in [3.8, 4) is 11.4 Å². The first kappa shape index (κ1) is 16.6. The molecular formula is C20H25NO3. The van der Waals surface area contributed by atoms with Crippen LogP contribution in [0.3, 0.4) is 0 Å². The molecule has 0 atom stereocenters. The van der Waals surface area contributed by atoms with E-state index in [0.29, 0.717) is 0 Å². The predicted molar refractivity (Wildman–Crippen MR) is 94.2 cm³/mol. The molecule has 0 saturated heterocycles. The van der Waals surface area contributed by atoms with Crippen LogP contribution in [0.25, 0.3) is 5.69 Å². The molecule has 1 N–H and O–H groups in total. The van der Waals surface area contributed by atoms with Crippen molar-refractivity contribution in [1.29, 1.82) is 0 Å². The van der Waals surface area contributed by atoms with Crippen LogP contribution >= 0.6 is 0 Å². The Kier molecular flexibility index (Phi) is 5.24. The largest absolute Gasteiger partial charge is 0.497 e. The zero-order chi connectivity index (χ0) is 16.9. The lowest BCUT2D eigenvalue weighted by molar-refractivity contribution is -0.137. The van der Waals surface area contributed by atoms with E-state index in [9.17, 15) is 4.79 Å². The summed E-state index contributed by atoms with van der Waals surface area (Å²) in [5.41, 5.74) is 5.37. The summed E-state index contributed by atoms with van der Waals surface area (Å²) in [4.78, 5) is 10.7. The van der Waals surface area contributed by atoms with Crippen LogP contribution in [0.2, 0.25) is 0 Å². The van der Waals surface area contributed by atoms with Crippen LogP contribution in [0.15, 0.2) is 30.3 Å². The van der Waals surface area contributed by atoms with E-state index < -0.39 is 5.97 Å². The molecule has 0 radical (unpaired) electrons. The SMILES string of the molecule is COc1ccc(-n2c(CCCCC(=O)O)cc3c2CCCC3)cc1. The monoisotopic (exact) mass is 327 g/mol. The maximum Gasteiger partial charge on any atom is 0.303 e. The summed E-state index contributed by atoms with van der Waals surface area (Å²) in [5.74, 6) is 0.155. The number of carbonyl (C=O) groups is 1. The maximum atomic E-state index is 10.7. The molecule has 0 bridgehead atoms. The van der Waals surface area contributed by atoms with Crippen LogP contribution in [0.5, 0.6) is 5.75 Å². The molecule has 1 aliphatic rings. The summed E-state index contributed by atoms with van der Waals surface area (Å²) in [5, 5.41) is 8.81. The molecule has 0 aliphatic heterocycles. The average molecular weight is 327 g/mol. The number of carboxylic acid groups (broad SMARTS) is 1. The van der Waals surface area contributed by atoms with E-state index in [1.165, 1.54) is 35.5 Å². The number of aromatic nitrogens is 1. The molecular weight excluding hydrogens is 302 g/mol. The number of ether oxygens (including phenoxy) is 1. The molecule has 3 rings (SSSR count). The van der Waals surface area contributed by atoms with Crippen LogP contribution in [0, 0.1) is 0 Å². The van der Waals surface area contributed by atoms with Crippen LogP contribution < -0.4 is 4.74 Å². The number of fused-ring (bicyclic) bond motifs is 1. The summed E-state index contributed by atoms with van der Waals surface area (Å²) < 4.78 is 7.65. The van der Waals surface area contributed by atoms with Crippen molar-refractivity contribution in [1.82, 2.24) is 4.57 Å². The van der Waals surface area contributed by atoms with Crippen molar-refractivity contribution in [3.05, 3.63) is 47.3 Å². The fraction of sp³-hybridized carbons (Fsp3) is 0.450. The molecule has 1 heterocycles. The van der Waals surface area contributed by atoms with E-state index in [-0.39, 0.29) is 6.42 Å². The van der Waals surface area contributed by atoms with E-state index in [1.54, 1.807) is 7.11 Å². The van der Waals surface area contributed by atoms with Gasteiger partial charge in [-0.3, -0.25) is 4.79 Å². The van der Waals surface area contributed by atoms with Gasteiger partial charge < -0.3 is 14.4 Å². The van der Waals surface area contributed by atoms with Gasteiger partial charge in [0, 0.05) is 23.5 Å². The van der Waals surface area contributed by atoms with Gasteiger partial charge in [0.25, 0.3) is 0 Å². The Morgan fingerprint density at radius 1 is 1.17 bits per heavy atom. The van der Waals surface area contributed by atoms with Crippen LogP contribution in [-0.4, -0.2) is 22.8 Å². The molecule has 128 valence electrons. The van der Waals surface area contributed by atoms with Crippen molar-refractivity contribution < 1.29 is 14.6 Å². The van der Waals surface area contributed by atoms with Crippen LogP contribution in [0.4, 0.5) is 0 Å². The minimum Gasteiger partial charge on any atom is -0.497 e. The fourth-order valence-electron chi connectivity index (χ4n) is 3.58. The molecule has 24 heavy (non-hydrogen) atoms. The van der Waals surface area contributed by atoms with Gasteiger partial charge in [-0.1, -0.05) is 0 Å². The van der Waals surface area contributed by atoms with Gasteiger partial charge in [0.2, 0.25) is 0 Å². The standard InChI is InChI=1S/C20H25NO3/c1-24-18-12-10-16(11-13-18)21-17(7-3-5-9-20(22)23)14-15-6-2-4-8-19(15)21/h10-14H,2-9H2,1H3,(H,22,23). The van der Waals surface area contributed by atoms with Crippen molar-refractivity contribution >= 4 is 5.97 Å². The van der Waals surface area contributed by atoms with Crippen LogP contribution in [0.1, 0.15) is 49.1 Å². The molecule has 4 heteroatoms. The number of aliphatic carboxylic acids is 1. The number of rotatable bonds is 7. The summed E-state index contributed by atoms with van der Waals surface area (Å²) >= 11 is 0. The van der Waals surface area contributed by atoms with Gasteiger partial charge in [-0.25, -0.2) is 0 Å². The number of methoxy groups -OCH3 is 1. The van der Waals surface area contributed by atoms with Crippen molar-refractivity contribution in [2.45, 2.75) is 51.4 Å². The summed E-state index contributed by atoms with van der Waals surface area (Å²) in [7, 11) is 1.68. The van der Waals surface area contributed by atoms with Gasteiger partial charge in [-0.05, 0) is 80.8 Å². The second kappa shape index (κ2) is 7.56. The molecule has 2 aromatic rings. The highest BCUT2D eigenvalue weighted by Crippen LogP contribution is 2.30. The Morgan fingerprint density at radius 2 is 1.92 bits per heavy atom. The quantitative estimate of drug-likeness (QED) is 0.777. The van der Waals surface area contributed by atoms with E-state index in [0.717, 1.165) is 37.9 Å².